The minimum atomic E-state index is -0.224. The maximum atomic E-state index is 12.7. The summed E-state index contributed by atoms with van der Waals surface area (Å²) in [4.78, 5) is 41.5. The number of fused-ring (bicyclic) bond motifs is 1. The van der Waals surface area contributed by atoms with Crippen LogP contribution < -0.4 is 16.0 Å². The van der Waals surface area contributed by atoms with Crippen LogP contribution in [0.3, 0.4) is 0 Å². The average molecular weight is 435 g/mol. The Kier molecular flexibility index (Phi) is 6.18. The van der Waals surface area contributed by atoms with Gasteiger partial charge in [-0.3, -0.25) is 14.4 Å². The summed E-state index contributed by atoms with van der Waals surface area (Å²) in [6.07, 6.45) is 2.02. The van der Waals surface area contributed by atoms with Crippen molar-refractivity contribution in [3.8, 4) is 0 Å². The second-order valence-corrected chi connectivity index (χ2v) is 8.27. The number of rotatable bonds is 7. The largest absolute Gasteiger partial charge is 0.355 e. The van der Waals surface area contributed by atoms with Crippen LogP contribution in [0, 0.1) is 0 Å². The predicted molar refractivity (Wildman–Crippen MR) is 121 cm³/mol. The zero-order valence-corrected chi connectivity index (χ0v) is 17.8. The molecule has 0 atom stereocenters. The number of hydrogen-bond donors (Lipinski definition) is 3. The molecule has 1 aliphatic rings. The highest BCUT2D eigenvalue weighted by Gasteiger charge is 2.25. The number of benzene rings is 2. The highest BCUT2D eigenvalue weighted by atomic mass is 32.2. The number of hydrogen-bond acceptors (Lipinski definition) is 5. The third kappa shape index (κ3) is 5.21. The van der Waals surface area contributed by atoms with E-state index in [9.17, 15) is 14.4 Å². The highest BCUT2D eigenvalue weighted by molar-refractivity contribution is 7.99. The van der Waals surface area contributed by atoms with Crippen LogP contribution in [0.2, 0.25) is 0 Å². The second kappa shape index (κ2) is 9.18. The van der Waals surface area contributed by atoms with E-state index in [-0.39, 0.29) is 29.5 Å². The molecule has 1 saturated carbocycles. The number of nitrogens with one attached hydrogen (secondary N) is 3. The molecule has 1 aliphatic carbocycles. The number of carbonyl (C=O) groups excluding carboxylic acids is 3. The van der Waals surface area contributed by atoms with Crippen molar-refractivity contribution in [3.05, 3.63) is 65.7 Å². The molecular weight excluding hydrogens is 412 g/mol. The molecule has 3 aromatic rings. The Morgan fingerprint density at radius 2 is 1.84 bits per heavy atom. The van der Waals surface area contributed by atoms with E-state index in [1.807, 2.05) is 24.3 Å². The van der Waals surface area contributed by atoms with Crippen molar-refractivity contribution in [2.45, 2.75) is 23.9 Å². The van der Waals surface area contributed by atoms with Gasteiger partial charge < -0.3 is 16.0 Å². The number of pyridine rings is 1. The Bertz CT molecular complexity index is 1160. The summed E-state index contributed by atoms with van der Waals surface area (Å²) in [6.45, 7) is 0. The van der Waals surface area contributed by atoms with Crippen LogP contribution in [-0.4, -0.2) is 41.5 Å². The molecule has 31 heavy (non-hydrogen) atoms. The van der Waals surface area contributed by atoms with Gasteiger partial charge in [-0.15, -0.1) is 0 Å². The van der Waals surface area contributed by atoms with Gasteiger partial charge in [0.15, 0.2) is 0 Å². The molecule has 2 aromatic carbocycles. The van der Waals surface area contributed by atoms with Crippen LogP contribution in [0.1, 0.15) is 33.6 Å². The maximum Gasteiger partial charge on any atom is 0.252 e. The molecule has 0 saturated heterocycles. The zero-order chi connectivity index (χ0) is 21.8. The first-order chi connectivity index (χ1) is 15.0. The molecule has 7 nitrogen and oxygen atoms in total. The fourth-order valence-corrected chi connectivity index (χ4v) is 3.84. The van der Waals surface area contributed by atoms with E-state index in [2.05, 4.69) is 20.9 Å². The molecule has 158 valence electrons. The van der Waals surface area contributed by atoms with Crippen LogP contribution >= 0.6 is 11.8 Å². The van der Waals surface area contributed by atoms with Crippen molar-refractivity contribution in [3.63, 3.8) is 0 Å². The van der Waals surface area contributed by atoms with E-state index >= 15 is 0 Å². The first-order valence-electron chi connectivity index (χ1n) is 9.99. The van der Waals surface area contributed by atoms with E-state index in [1.54, 1.807) is 37.4 Å². The summed E-state index contributed by atoms with van der Waals surface area (Å²) < 4.78 is 0. The lowest BCUT2D eigenvalue weighted by Gasteiger charge is -2.10. The molecule has 0 spiro atoms. The van der Waals surface area contributed by atoms with Crippen LogP contribution in [0.15, 0.2) is 59.6 Å². The molecule has 1 fully saturated rings. The smallest absolute Gasteiger partial charge is 0.252 e. The number of nitrogens with zero attached hydrogens (tertiary/aromatic N) is 1. The molecule has 0 radical (unpaired) electrons. The average Bonchev–Trinajstić information content (AvgIpc) is 3.60. The second-order valence-electron chi connectivity index (χ2n) is 7.27. The molecule has 0 unspecified atom stereocenters. The number of amides is 3. The lowest BCUT2D eigenvalue weighted by Crippen LogP contribution is -2.25. The first kappa shape index (κ1) is 20.9. The Morgan fingerprint density at radius 3 is 2.61 bits per heavy atom. The van der Waals surface area contributed by atoms with Crippen LogP contribution in [0.4, 0.5) is 5.69 Å². The van der Waals surface area contributed by atoms with Crippen molar-refractivity contribution in [2.75, 3.05) is 18.1 Å². The summed E-state index contributed by atoms with van der Waals surface area (Å²) in [6, 6.07) is 16.2. The Balaban J connectivity index is 1.46. The van der Waals surface area contributed by atoms with Gasteiger partial charge in [-0.05, 0) is 43.2 Å². The van der Waals surface area contributed by atoms with Crippen LogP contribution in [-0.2, 0) is 4.79 Å². The molecule has 1 aromatic heterocycles. The number of para-hydroxylation sites is 1. The molecule has 0 aliphatic heterocycles. The highest BCUT2D eigenvalue weighted by Crippen LogP contribution is 2.26. The topological polar surface area (TPSA) is 100 Å². The molecule has 0 bridgehead atoms. The number of thioether (sulfide) groups is 1. The monoisotopic (exact) mass is 434 g/mol. The Labute approximate surface area is 184 Å². The molecule has 3 N–H and O–H groups in total. The molecule has 4 rings (SSSR count). The summed E-state index contributed by atoms with van der Waals surface area (Å²) >= 11 is 1.26. The van der Waals surface area contributed by atoms with Gasteiger partial charge >= 0.3 is 0 Å². The number of aromatic nitrogens is 1. The molecule has 3 amide bonds. The van der Waals surface area contributed by atoms with E-state index in [1.165, 1.54) is 11.8 Å². The van der Waals surface area contributed by atoms with E-state index in [0.29, 0.717) is 27.4 Å². The Morgan fingerprint density at radius 1 is 1.03 bits per heavy atom. The van der Waals surface area contributed by atoms with Gasteiger partial charge in [-0.25, -0.2) is 4.98 Å². The summed E-state index contributed by atoms with van der Waals surface area (Å²) in [5.74, 6) is -0.432. The van der Waals surface area contributed by atoms with Crippen molar-refractivity contribution < 1.29 is 14.4 Å². The SMILES string of the molecule is CNC(=O)c1cccc(NC(=O)CSc2cc(C(=O)NC3CC3)c3ccccc3n2)c1. The third-order valence-electron chi connectivity index (χ3n) is 4.84. The van der Waals surface area contributed by atoms with E-state index < -0.39 is 0 Å². The first-order valence-corrected chi connectivity index (χ1v) is 11.0. The van der Waals surface area contributed by atoms with Gasteiger partial charge in [0.25, 0.3) is 11.8 Å². The maximum absolute atomic E-state index is 12.7. The summed E-state index contributed by atoms with van der Waals surface area (Å²) in [7, 11) is 1.56. The van der Waals surface area contributed by atoms with Crippen molar-refractivity contribution in [1.82, 2.24) is 15.6 Å². The van der Waals surface area contributed by atoms with Gasteiger partial charge in [0.1, 0.15) is 0 Å². The fourth-order valence-electron chi connectivity index (χ4n) is 3.12. The van der Waals surface area contributed by atoms with E-state index in [0.717, 1.165) is 18.2 Å². The van der Waals surface area contributed by atoms with Crippen LogP contribution in [0.25, 0.3) is 10.9 Å². The van der Waals surface area contributed by atoms with Gasteiger partial charge in [0, 0.05) is 29.7 Å². The van der Waals surface area contributed by atoms with Gasteiger partial charge in [-0.2, -0.15) is 0 Å². The van der Waals surface area contributed by atoms with Gasteiger partial charge in [-0.1, -0.05) is 36.0 Å². The van der Waals surface area contributed by atoms with Crippen molar-refractivity contribution in [2.24, 2.45) is 0 Å². The molecule has 1 heterocycles. The Hall–Kier alpha value is -3.39. The molecular formula is C23H22N4O3S. The lowest BCUT2D eigenvalue weighted by atomic mass is 10.1. The number of anilines is 1. The standard InChI is InChI=1S/C23H22N4O3S/c1-24-22(29)14-5-4-6-16(11-14)25-20(28)13-31-21-12-18(23(30)26-15-9-10-15)17-7-2-3-8-19(17)27-21/h2-8,11-12,15H,9-10,13H2,1H3,(H,24,29)(H,25,28)(H,26,30). The fraction of sp³-hybridized carbons (Fsp3) is 0.217. The minimum absolute atomic E-state index is 0.113. The zero-order valence-electron chi connectivity index (χ0n) is 17.0. The minimum Gasteiger partial charge on any atom is -0.355 e. The van der Waals surface area contributed by atoms with Gasteiger partial charge in [0.2, 0.25) is 5.91 Å². The number of carbonyl (C=O) groups is 3. The summed E-state index contributed by atoms with van der Waals surface area (Å²) in [5.41, 5.74) is 2.30. The molecule has 8 heteroatoms. The normalized spacial score (nSPS) is 12.9. The van der Waals surface area contributed by atoms with Crippen LogP contribution in [0.5, 0.6) is 0 Å². The third-order valence-corrected chi connectivity index (χ3v) is 5.75. The summed E-state index contributed by atoms with van der Waals surface area (Å²) in [5, 5.41) is 9.77. The van der Waals surface area contributed by atoms with Crippen molar-refractivity contribution >= 4 is 46.1 Å². The predicted octanol–water partition coefficient (Wildman–Crippen LogP) is 3.22. The van der Waals surface area contributed by atoms with Crippen molar-refractivity contribution in [1.29, 1.82) is 0 Å². The van der Waals surface area contributed by atoms with Gasteiger partial charge in [0.05, 0.1) is 21.9 Å². The quantitative estimate of drug-likeness (QED) is 0.496. The van der Waals surface area contributed by atoms with E-state index in [4.69, 9.17) is 0 Å². The lowest BCUT2D eigenvalue weighted by molar-refractivity contribution is -0.113.